The summed E-state index contributed by atoms with van der Waals surface area (Å²) >= 11 is 1.42. The highest BCUT2D eigenvalue weighted by Crippen LogP contribution is 2.40. The summed E-state index contributed by atoms with van der Waals surface area (Å²) in [6, 6.07) is 9.84. The Labute approximate surface area is 164 Å². The first-order valence-corrected chi connectivity index (χ1v) is 10.4. The number of hydrogen-bond donors (Lipinski definition) is 1. The van der Waals surface area contributed by atoms with Crippen molar-refractivity contribution in [3.8, 4) is 0 Å². The normalized spacial score (nSPS) is 17.1. The number of benzene rings is 1. The second-order valence-corrected chi connectivity index (χ2v) is 9.79. The van der Waals surface area contributed by atoms with E-state index in [2.05, 4.69) is 26.8 Å². The molecule has 1 aromatic carbocycles. The first kappa shape index (κ1) is 18.2. The van der Waals surface area contributed by atoms with Gasteiger partial charge in [0.05, 0.1) is 5.69 Å². The number of hydrogen-bond acceptors (Lipinski definition) is 4. The van der Waals surface area contributed by atoms with Crippen molar-refractivity contribution in [3.63, 3.8) is 0 Å². The summed E-state index contributed by atoms with van der Waals surface area (Å²) < 4.78 is 0. The van der Waals surface area contributed by atoms with Gasteiger partial charge in [0.15, 0.2) is 0 Å². The Bertz CT molecular complexity index is 1030. The number of aryl methyl sites for hydroxylation is 2. The lowest BCUT2D eigenvalue weighted by Gasteiger charge is -2.34. The molecule has 0 bridgehead atoms. The molecular weight excluding hydrogens is 352 g/mol. The molecule has 3 nitrogen and oxygen atoms in total. The lowest BCUT2D eigenvalue weighted by molar-refractivity contribution is 0.104. The van der Waals surface area contributed by atoms with Crippen LogP contribution in [0.4, 0.5) is 5.69 Å². The highest BCUT2D eigenvalue weighted by Gasteiger charge is 2.30. The second-order valence-electron chi connectivity index (χ2n) is 8.79. The van der Waals surface area contributed by atoms with Crippen LogP contribution in [0.25, 0.3) is 10.2 Å². The van der Waals surface area contributed by atoms with E-state index in [0.29, 0.717) is 27.5 Å². The zero-order chi connectivity index (χ0) is 19.3. The van der Waals surface area contributed by atoms with Crippen molar-refractivity contribution < 1.29 is 4.79 Å². The highest BCUT2D eigenvalue weighted by molar-refractivity contribution is 7.21. The maximum atomic E-state index is 13.0. The van der Waals surface area contributed by atoms with Gasteiger partial charge in [-0.1, -0.05) is 50.6 Å². The number of pyridine rings is 1. The Morgan fingerprint density at radius 3 is 2.59 bits per heavy atom. The van der Waals surface area contributed by atoms with Crippen LogP contribution in [0.5, 0.6) is 0 Å². The van der Waals surface area contributed by atoms with E-state index in [-0.39, 0.29) is 5.78 Å². The van der Waals surface area contributed by atoms with Gasteiger partial charge in [-0.25, -0.2) is 4.98 Å². The van der Waals surface area contributed by atoms with Crippen LogP contribution in [0.15, 0.2) is 30.3 Å². The Kier molecular flexibility index (Phi) is 4.34. The molecule has 0 aliphatic heterocycles. The summed E-state index contributed by atoms with van der Waals surface area (Å²) in [5.74, 6) is 0.638. The van der Waals surface area contributed by atoms with E-state index in [1.807, 2.05) is 31.2 Å². The van der Waals surface area contributed by atoms with E-state index in [1.54, 1.807) is 0 Å². The number of anilines is 1. The van der Waals surface area contributed by atoms with Gasteiger partial charge in [0.1, 0.15) is 9.71 Å². The number of fused-ring (bicyclic) bond motifs is 2. The minimum absolute atomic E-state index is 0.0129. The average molecular weight is 379 g/mol. The van der Waals surface area contributed by atoms with Crippen LogP contribution in [-0.4, -0.2) is 10.8 Å². The number of carbonyl (C=O) groups excluding carboxylic acids is 1. The lowest BCUT2D eigenvalue weighted by Crippen LogP contribution is -2.27. The fourth-order valence-corrected chi connectivity index (χ4v) is 4.99. The van der Waals surface area contributed by atoms with Gasteiger partial charge in [-0.15, -0.1) is 11.3 Å². The van der Waals surface area contributed by atoms with Gasteiger partial charge in [0, 0.05) is 16.6 Å². The van der Waals surface area contributed by atoms with Crippen molar-refractivity contribution in [2.45, 2.75) is 47.0 Å². The van der Waals surface area contributed by atoms with Crippen LogP contribution >= 0.6 is 11.3 Å². The maximum absolute atomic E-state index is 13.0. The summed E-state index contributed by atoms with van der Waals surface area (Å²) in [6.45, 7) is 8.95. The zero-order valence-corrected chi connectivity index (χ0v) is 17.2. The van der Waals surface area contributed by atoms with Crippen LogP contribution < -0.4 is 5.73 Å². The number of thiophene rings is 1. The molecule has 1 unspecified atom stereocenters. The number of aromatic nitrogens is 1. The Hall–Kier alpha value is -2.20. The molecule has 0 radical (unpaired) electrons. The summed E-state index contributed by atoms with van der Waals surface area (Å²) in [5, 5.41) is 0.934. The molecule has 1 atom stereocenters. The van der Waals surface area contributed by atoms with Gasteiger partial charge in [-0.2, -0.15) is 0 Å². The predicted molar refractivity (Wildman–Crippen MR) is 114 cm³/mol. The van der Waals surface area contributed by atoms with Crippen molar-refractivity contribution in [2.24, 2.45) is 11.3 Å². The van der Waals surface area contributed by atoms with E-state index >= 15 is 0 Å². The van der Waals surface area contributed by atoms with Crippen LogP contribution in [-0.2, 0) is 12.8 Å². The summed E-state index contributed by atoms with van der Waals surface area (Å²) in [5.41, 5.74) is 11.6. The predicted octanol–water partition coefficient (Wildman–Crippen LogP) is 5.57. The Balaban J connectivity index is 1.75. The number of nitrogens with two attached hydrogens (primary N) is 1. The first-order valence-electron chi connectivity index (χ1n) is 9.56. The Morgan fingerprint density at radius 2 is 1.93 bits per heavy atom. The van der Waals surface area contributed by atoms with Gasteiger partial charge in [-0.3, -0.25) is 4.79 Å². The summed E-state index contributed by atoms with van der Waals surface area (Å²) in [7, 11) is 0. The molecule has 4 rings (SSSR count). The van der Waals surface area contributed by atoms with E-state index in [1.165, 1.54) is 29.0 Å². The van der Waals surface area contributed by atoms with Crippen molar-refractivity contribution in [2.75, 3.05) is 5.73 Å². The molecule has 0 fully saturated rings. The molecule has 0 amide bonds. The Morgan fingerprint density at radius 1 is 1.22 bits per heavy atom. The quantitative estimate of drug-likeness (QED) is 0.593. The van der Waals surface area contributed by atoms with Crippen LogP contribution in [0, 0.1) is 18.3 Å². The standard InChI is InChI=1S/C23H26N2OS/c1-13-5-7-14(8-6-13)20(26)21-19(24)17-12-15-11-16(23(2,3)4)9-10-18(15)25-22(17)27-21/h5-8,12,16H,9-11,24H2,1-4H3. The minimum atomic E-state index is -0.0129. The van der Waals surface area contributed by atoms with Crippen molar-refractivity contribution in [1.29, 1.82) is 0 Å². The molecule has 0 saturated heterocycles. The molecule has 0 spiro atoms. The van der Waals surface area contributed by atoms with E-state index in [0.717, 1.165) is 28.6 Å². The molecule has 3 aromatic rings. The minimum Gasteiger partial charge on any atom is -0.397 e. The summed E-state index contributed by atoms with van der Waals surface area (Å²) in [4.78, 5) is 19.3. The topological polar surface area (TPSA) is 56.0 Å². The molecule has 2 heterocycles. The highest BCUT2D eigenvalue weighted by atomic mass is 32.1. The van der Waals surface area contributed by atoms with Crippen LogP contribution in [0.1, 0.15) is 59.2 Å². The fraction of sp³-hybridized carbons (Fsp3) is 0.391. The average Bonchev–Trinajstić information content (AvgIpc) is 2.94. The van der Waals surface area contributed by atoms with Crippen molar-refractivity contribution in [3.05, 3.63) is 57.6 Å². The first-order chi connectivity index (χ1) is 12.7. The van der Waals surface area contributed by atoms with Crippen molar-refractivity contribution >= 4 is 33.0 Å². The molecule has 140 valence electrons. The zero-order valence-electron chi connectivity index (χ0n) is 16.4. The number of nitrogens with zero attached hydrogens (tertiary/aromatic N) is 1. The van der Waals surface area contributed by atoms with Gasteiger partial charge in [0.2, 0.25) is 5.78 Å². The number of ketones is 1. The number of nitrogen functional groups attached to an aromatic ring is 1. The summed E-state index contributed by atoms with van der Waals surface area (Å²) in [6.07, 6.45) is 3.22. The number of rotatable bonds is 2. The van der Waals surface area contributed by atoms with E-state index < -0.39 is 0 Å². The van der Waals surface area contributed by atoms with Crippen LogP contribution in [0.2, 0.25) is 0 Å². The van der Waals surface area contributed by atoms with Crippen molar-refractivity contribution in [1.82, 2.24) is 4.98 Å². The maximum Gasteiger partial charge on any atom is 0.205 e. The van der Waals surface area contributed by atoms with Gasteiger partial charge in [0.25, 0.3) is 0 Å². The van der Waals surface area contributed by atoms with E-state index in [4.69, 9.17) is 10.7 Å². The molecule has 2 aromatic heterocycles. The molecule has 0 saturated carbocycles. The third-order valence-corrected chi connectivity index (χ3v) is 6.94. The van der Waals surface area contributed by atoms with Gasteiger partial charge >= 0.3 is 0 Å². The smallest absolute Gasteiger partial charge is 0.205 e. The molecule has 1 aliphatic rings. The number of carbonyl (C=O) groups is 1. The molecule has 2 N–H and O–H groups in total. The lowest BCUT2D eigenvalue weighted by atomic mass is 9.71. The largest absolute Gasteiger partial charge is 0.397 e. The van der Waals surface area contributed by atoms with Gasteiger partial charge < -0.3 is 5.73 Å². The van der Waals surface area contributed by atoms with E-state index in [9.17, 15) is 4.79 Å². The fourth-order valence-electron chi connectivity index (χ4n) is 3.93. The SMILES string of the molecule is Cc1ccc(C(=O)c2sc3nc4c(cc3c2N)CC(C(C)(C)C)CC4)cc1. The molecule has 4 heteroatoms. The van der Waals surface area contributed by atoms with Gasteiger partial charge in [-0.05, 0) is 49.1 Å². The second kappa shape index (κ2) is 6.45. The molecule has 1 aliphatic carbocycles. The third-order valence-electron chi connectivity index (χ3n) is 5.83. The molecular formula is C23H26N2OS. The monoisotopic (exact) mass is 378 g/mol. The molecule has 27 heavy (non-hydrogen) atoms. The third kappa shape index (κ3) is 3.27. The van der Waals surface area contributed by atoms with Crippen LogP contribution in [0.3, 0.4) is 0 Å².